The lowest BCUT2D eigenvalue weighted by molar-refractivity contribution is -0.0595. The highest BCUT2D eigenvalue weighted by Crippen LogP contribution is 2.41. The fourth-order valence-electron chi connectivity index (χ4n) is 3.27. The molecule has 1 N–H and O–H groups in total. The molecule has 1 heterocycles. The van der Waals surface area contributed by atoms with Crippen LogP contribution in [0.25, 0.3) is 22.0 Å². The number of aromatic nitrogens is 1. The zero-order valence-corrected chi connectivity index (χ0v) is 16.8. The van der Waals surface area contributed by atoms with Gasteiger partial charge in [-0.15, -0.1) is 0 Å². The Morgan fingerprint density at radius 1 is 1.19 bits per heavy atom. The lowest BCUT2D eigenvalue weighted by Gasteiger charge is -2.30. The van der Waals surface area contributed by atoms with Gasteiger partial charge in [-0.3, -0.25) is 4.98 Å². The van der Waals surface area contributed by atoms with Gasteiger partial charge in [-0.05, 0) is 63.1 Å². The van der Waals surface area contributed by atoms with Crippen LogP contribution in [0.3, 0.4) is 0 Å². The van der Waals surface area contributed by atoms with Crippen LogP contribution in [0.5, 0.6) is 0 Å². The Morgan fingerprint density at radius 3 is 2.44 bits per heavy atom. The zero-order chi connectivity index (χ0) is 19.8. The van der Waals surface area contributed by atoms with Crippen LogP contribution in [0.2, 0.25) is 5.02 Å². The Morgan fingerprint density at radius 2 is 1.85 bits per heavy atom. The van der Waals surface area contributed by atoms with E-state index in [0.29, 0.717) is 5.02 Å². The average molecular weight is 382 g/mol. The van der Waals surface area contributed by atoms with Crippen LogP contribution in [0.15, 0.2) is 61.0 Å². The predicted octanol–water partition coefficient (Wildman–Crippen LogP) is 6.79. The number of aliphatic hydroxyl groups excluding tert-OH is 1. The first-order valence-electron chi connectivity index (χ1n) is 8.87. The number of fused-ring (bicyclic) bond motifs is 1. The number of aryl methyl sites for hydroxylation is 1. The van der Waals surface area contributed by atoms with Gasteiger partial charge in [0.25, 0.3) is 0 Å². The van der Waals surface area contributed by atoms with Crippen molar-refractivity contribution in [2.45, 2.75) is 39.4 Å². The van der Waals surface area contributed by atoms with E-state index in [2.05, 4.69) is 17.6 Å². The lowest BCUT2D eigenvalue weighted by Crippen LogP contribution is -2.24. The van der Waals surface area contributed by atoms with Crippen molar-refractivity contribution < 1.29 is 9.84 Å². The summed E-state index contributed by atoms with van der Waals surface area (Å²) in [5.74, 6) is -0.0291. The number of aliphatic hydroxyl groups is 1. The van der Waals surface area contributed by atoms with E-state index in [1.54, 1.807) is 6.20 Å². The summed E-state index contributed by atoms with van der Waals surface area (Å²) in [6.45, 7) is 11.7. The molecule has 0 bridgehead atoms. The minimum absolute atomic E-state index is 0.0291. The van der Waals surface area contributed by atoms with Gasteiger partial charge in [0.05, 0.1) is 11.1 Å². The molecule has 0 aliphatic heterocycles. The molecule has 0 saturated carbocycles. The third kappa shape index (κ3) is 4.15. The molecule has 3 nitrogen and oxygen atoms in total. The molecular formula is C23H24ClNO2. The summed E-state index contributed by atoms with van der Waals surface area (Å²) in [4.78, 5) is 4.62. The van der Waals surface area contributed by atoms with Crippen molar-refractivity contribution in [1.82, 2.24) is 4.98 Å². The Kier molecular flexibility index (Phi) is 5.27. The number of ether oxygens (including phenoxy) is 1. The Labute approximate surface area is 165 Å². The average Bonchev–Trinajstić information content (AvgIpc) is 2.59. The SMILES string of the molecule is C=C(O)[C@@H](OC(C)(C)C)c1c(C)cc2cccnc2c1-c1ccc(Cl)cc1. The fourth-order valence-corrected chi connectivity index (χ4v) is 3.40. The molecule has 4 heteroatoms. The number of rotatable bonds is 4. The maximum absolute atomic E-state index is 10.4. The Balaban J connectivity index is 2.37. The molecule has 0 radical (unpaired) electrons. The first-order valence-corrected chi connectivity index (χ1v) is 9.25. The van der Waals surface area contributed by atoms with E-state index in [-0.39, 0.29) is 5.76 Å². The summed E-state index contributed by atoms with van der Waals surface area (Å²) < 4.78 is 6.20. The molecule has 2 aromatic carbocycles. The molecular weight excluding hydrogens is 358 g/mol. The zero-order valence-electron chi connectivity index (χ0n) is 16.1. The number of benzene rings is 2. The monoisotopic (exact) mass is 381 g/mol. The summed E-state index contributed by atoms with van der Waals surface area (Å²) in [7, 11) is 0. The van der Waals surface area contributed by atoms with Gasteiger partial charge >= 0.3 is 0 Å². The van der Waals surface area contributed by atoms with Crippen molar-refractivity contribution in [3.8, 4) is 11.1 Å². The topological polar surface area (TPSA) is 42.4 Å². The molecule has 0 saturated heterocycles. The highest BCUT2D eigenvalue weighted by molar-refractivity contribution is 6.30. The molecule has 0 aliphatic rings. The normalized spacial score (nSPS) is 12.9. The molecule has 1 atom stereocenters. The van der Waals surface area contributed by atoms with Crippen molar-refractivity contribution in [3.05, 3.63) is 77.1 Å². The van der Waals surface area contributed by atoms with E-state index in [1.807, 2.05) is 64.1 Å². The quantitative estimate of drug-likeness (QED) is 0.506. The summed E-state index contributed by atoms with van der Waals surface area (Å²) in [6, 6.07) is 13.6. The molecule has 3 aromatic rings. The van der Waals surface area contributed by atoms with Crippen molar-refractivity contribution in [2.75, 3.05) is 0 Å². The minimum atomic E-state index is -0.665. The van der Waals surface area contributed by atoms with Crippen LogP contribution >= 0.6 is 11.6 Å². The van der Waals surface area contributed by atoms with Crippen LogP contribution in [0.1, 0.15) is 38.0 Å². The lowest BCUT2D eigenvalue weighted by atomic mass is 9.88. The van der Waals surface area contributed by atoms with E-state index in [4.69, 9.17) is 16.3 Å². The van der Waals surface area contributed by atoms with Crippen molar-refractivity contribution in [2.24, 2.45) is 0 Å². The van der Waals surface area contributed by atoms with Gasteiger partial charge in [0.15, 0.2) is 0 Å². The number of halogens is 1. The number of pyridine rings is 1. The highest BCUT2D eigenvalue weighted by Gasteiger charge is 2.28. The first-order chi connectivity index (χ1) is 12.7. The molecule has 0 unspecified atom stereocenters. The van der Waals surface area contributed by atoms with Gasteiger partial charge in [0.2, 0.25) is 0 Å². The molecule has 27 heavy (non-hydrogen) atoms. The van der Waals surface area contributed by atoms with Crippen LogP contribution in [-0.4, -0.2) is 15.7 Å². The third-order valence-electron chi connectivity index (χ3n) is 4.31. The van der Waals surface area contributed by atoms with Crippen molar-refractivity contribution in [3.63, 3.8) is 0 Å². The van der Waals surface area contributed by atoms with Crippen molar-refractivity contribution in [1.29, 1.82) is 0 Å². The number of hydrogen-bond acceptors (Lipinski definition) is 3. The molecule has 140 valence electrons. The molecule has 3 rings (SSSR count). The van der Waals surface area contributed by atoms with E-state index in [0.717, 1.165) is 33.2 Å². The molecule has 0 fully saturated rings. The van der Waals surface area contributed by atoms with Gasteiger partial charge in [-0.25, -0.2) is 0 Å². The molecule has 1 aromatic heterocycles. The van der Waals surface area contributed by atoms with E-state index < -0.39 is 11.7 Å². The van der Waals surface area contributed by atoms with Gasteiger partial charge in [-0.1, -0.05) is 36.4 Å². The highest BCUT2D eigenvalue weighted by atomic mass is 35.5. The van der Waals surface area contributed by atoms with Crippen LogP contribution in [0.4, 0.5) is 0 Å². The van der Waals surface area contributed by atoms with Crippen molar-refractivity contribution >= 4 is 22.5 Å². The molecule has 0 amide bonds. The maximum atomic E-state index is 10.4. The largest absolute Gasteiger partial charge is 0.510 e. The minimum Gasteiger partial charge on any atom is -0.510 e. The second-order valence-corrected chi connectivity index (χ2v) is 8.10. The number of hydrogen-bond donors (Lipinski definition) is 1. The summed E-state index contributed by atoms with van der Waals surface area (Å²) in [5.41, 5.74) is 4.15. The smallest absolute Gasteiger partial charge is 0.140 e. The molecule has 0 aliphatic carbocycles. The Hall–Kier alpha value is -2.36. The van der Waals surface area contributed by atoms with E-state index >= 15 is 0 Å². The summed E-state index contributed by atoms with van der Waals surface area (Å²) >= 11 is 6.09. The van der Waals surface area contributed by atoms with Gasteiger partial charge in [0.1, 0.15) is 11.9 Å². The third-order valence-corrected chi connectivity index (χ3v) is 4.56. The maximum Gasteiger partial charge on any atom is 0.140 e. The van der Waals surface area contributed by atoms with Crippen LogP contribution < -0.4 is 0 Å². The standard InChI is InChI=1S/C23H24ClNO2/c1-14-13-17-7-6-12-25-21(17)20(16-8-10-18(24)11-9-16)19(14)22(15(2)26)27-23(3,4)5/h6-13,22,26H,2H2,1,3-5H3/t22-/m1/s1. The Bertz CT molecular complexity index is 988. The van der Waals surface area contributed by atoms with E-state index in [1.165, 1.54) is 0 Å². The number of nitrogens with zero attached hydrogens (tertiary/aromatic N) is 1. The van der Waals surface area contributed by atoms with Crippen LogP contribution in [-0.2, 0) is 4.74 Å². The van der Waals surface area contributed by atoms with Crippen LogP contribution in [0, 0.1) is 6.92 Å². The van der Waals surface area contributed by atoms with Gasteiger partial charge in [-0.2, -0.15) is 0 Å². The first kappa shape index (κ1) is 19.4. The second-order valence-electron chi connectivity index (χ2n) is 7.67. The van der Waals surface area contributed by atoms with Gasteiger partial charge < -0.3 is 9.84 Å². The van der Waals surface area contributed by atoms with E-state index in [9.17, 15) is 5.11 Å². The molecule has 0 spiro atoms. The fraction of sp³-hybridized carbons (Fsp3) is 0.261. The summed E-state index contributed by atoms with van der Waals surface area (Å²) in [6.07, 6.45) is 1.11. The van der Waals surface area contributed by atoms with Gasteiger partial charge in [0, 0.05) is 27.7 Å². The summed E-state index contributed by atoms with van der Waals surface area (Å²) in [5, 5.41) is 12.1. The predicted molar refractivity (Wildman–Crippen MR) is 112 cm³/mol. The second kappa shape index (κ2) is 7.34.